The Labute approximate surface area is 257 Å². The number of aromatic nitrogens is 3. The lowest BCUT2D eigenvalue weighted by molar-refractivity contribution is 0.0600. The predicted molar refractivity (Wildman–Crippen MR) is 165 cm³/mol. The molecule has 4 aromatic carbocycles. The molecule has 11 heteroatoms. The molecule has 3 heterocycles. The Hall–Kier alpha value is -4.87. The molecule has 228 valence electrons. The summed E-state index contributed by atoms with van der Waals surface area (Å²) in [5.74, 6) is -2.45. The summed E-state index contributed by atoms with van der Waals surface area (Å²) in [4.78, 5) is 12.3. The number of fused-ring (bicyclic) bond motifs is 2. The lowest BCUT2D eigenvalue weighted by Crippen LogP contribution is -2.17. The van der Waals surface area contributed by atoms with Crippen LogP contribution >= 0.6 is 0 Å². The van der Waals surface area contributed by atoms with Gasteiger partial charge in [-0.3, -0.25) is 0 Å². The van der Waals surface area contributed by atoms with Crippen molar-refractivity contribution >= 4 is 37.8 Å². The first kappa shape index (κ1) is 28.9. The Morgan fingerprint density at radius 3 is 2.33 bits per heavy atom. The zero-order chi connectivity index (χ0) is 31.3. The Morgan fingerprint density at radius 1 is 0.911 bits per heavy atom. The molecule has 45 heavy (non-hydrogen) atoms. The van der Waals surface area contributed by atoms with Crippen LogP contribution in [0.4, 0.5) is 8.78 Å². The fraction of sp³-hybridized carbons (Fsp3) is 0.176. The Bertz CT molecular complexity index is 2190. The highest BCUT2D eigenvalue weighted by molar-refractivity contribution is 7.90. The van der Waals surface area contributed by atoms with Gasteiger partial charge >= 0.3 is 5.97 Å². The van der Waals surface area contributed by atoms with Gasteiger partial charge in [-0.25, -0.2) is 13.6 Å². The summed E-state index contributed by atoms with van der Waals surface area (Å²) in [6.07, 6.45) is 2.85. The Balaban J connectivity index is 1.57. The van der Waals surface area contributed by atoms with Crippen molar-refractivity contribution in [3.8, 4) is 16.8 Å². The summed E-state index contributed by atoms with van der Waals surface area (Å²) in [6.45, 7) is 1.05. The molecule has 6 aromatic rings. The van der Waals surface area contributed by atoms with E-state index < -0.39 is 27.6 Å². The van der Waals surface area contributed by atoms with Crippen LogP contribution < -0.4 is 0 Å². The molecule has 1 aliphatic heterocycles. The molecule has 0 atom stereocenters. The summed E-state index contributed by atoms with van der Waals surface area (Å²) < 4.78 is 69.8. The molecule has 0 saturated carbocycles. The van der Waals surface area contributed by atoms with E-state index in [1.807, 2.05) is 22.8 Å². The predicted octanol–water partition coefficient (Wildman–Crippen LogP) is 6.84. The van der Waals surface area contributed by atoms with E-state index in [0.29, 0.717) is 59.1 Å². The van der Waals surface area contributed by atoms with Gasteiger partial charge in [-0.05, 0) is 66.9 Å². The molecule has 0 radical (unpaired) electrons. The van der Waals surface area contributed by atoms with Crippen LogP contribution in [0.15, 0.2) is 96.0 Å². The number of methoxy groups -OCH3 is 1. The van der Waals surface area contributed by atoms with E-state index in [0.717, 1.165) is 33.0 Å². The van der Waals surface area contributed by atoms with E-state index in [9.17, 15) is 22.0 Å². The third-order valence-corrected chi connectivity index (χ3v) is 9.91. The second kappa shape index (κ2) is 11.2. The smallest absolute Gasteiger partial charge is 0.337 e. The minimum absolute atomic E-state index is 0.0257. The van der Waals surface area contributed by atoms with Crippen molar-refractivity contribution in [1.82, 2.24) is 13.8 Å². The van der Waals surface area contributed by atoms with Gasteiger partial charge in [0.25, 0.3) is 10.0 Å². The maximum Gasteiger partial charge on any atom is 0.337 e. The Morgan fingerprint density at radius 2 is 1.64 bits per heavy atom. The van der Waals surface area contributed by atoms with Gasteiger partial charge in [-0.1, -0.05) is 30.3 Å². The van der Waals surface area contributed by atoms with Crippen LogP contribution in [0.25, 0.3) is 38.6 Å². The van der Waals surface area contributed by atoms with E-state index in [1.54, 1.807) is 36.4 Å². The molecule has 1 aliphatic rings. The summed E-state index contributed by atoms with van der Waals surface area (Å²) >= 11 is 0. The largest absolute Gasteiger partial charge is 0.465 e. The monoisotopic (exact) mass is 627 g/mol. The van der Waals surface area contributed by atoms with Crippen molar-refractivity contribution in [2.24, 2.45) is 0 Å². The number of benzene rings is 4. The average Bonchev–Trinajstić information content (AvgIpc) is 3.64. The van der Waals surface area contributed by atoms with E-state index in [2.05, 4.69) is 5.10 Å². The first-order valence-corrected chi connectivity index (χ1v) is 15.8. The van der Waals surface area contributed by atoms with Crippen LogP contribution in [0.1, 0.15) is 34.8 Å². The fourth-order valence-electron chi connectivity index (χ4n) is 6.14. The molecule has 7 rings (SSSR count). The van der Waals surface area contributed by atoms with Crippen molar-refractivity contribution in [3.05, 3.63) is 114 Å². The van der Waals surface area contributed by atoms with Gasteiger partial charge in [0.15, 0.2) is 11.6 Å². The number of hydrogen-bond donors (Lipinski definition) is 0. The third-order valence-electron chi connectivity index (χ3n) is 8.29. The fourth-order valence-corrected chi connectivity index (χ4v) is 7.43. The standard InChI is InChI=1S/C34H27F2N3O5S/c1-43-34(40)23-9-7-21(8-10-23)32-27-19-30-24(20-37-39(30)45(41,42)26-5-3-2-4-6-26)17-31(27)38(25-11-12-28(35)29(36)18-25)33(32)22-13-15-44-16-14-22/h2-12,17-20,22H,13-16H2,1H3. The molecule has 0 aliphatic carbocycles. The van der Waals surface area contributed by atoms with Crippen molar-refractivity contribution < 1.29 is 31.5 Å². The van der Waals surface area contributed by atoms with Gasteiger partial charge < -0.3 is 14.0 Å². The van der Waals surface area contributed by atoms with Gasteiger partial charge in [0.05, 0.1) is 34.8 Å². The number of esters is 1. The van der Waals surface area contributed by atoms with Crippen LogP contribution in [0.5, 0.6) is 0 Å². The average molecular weight is 628 g/mol. The van der Waals surface area contributed by atoms with Crippen LogP contribution in [-0.4, -0.2) is 48.5 Å². The summed E-state index contributed by atoms with van der Waals surface area (Å²) in [6, 6.07) is 22.4. The van der Waals surface area contributed by atoms with E-state index in [1.165, 1.54) is 31.5 Å². The number of ether oxygens (including phenoxy) is 2. The normalized spacial score (nSPS) is 14.3. The zero-order valence-electron chi connectivity index (χ0n) is 24.1. The molecule has 0 bridgehead atoms. The van der Waals surface area contributed by atoms with Crippen molar-refractivity contribution in [2.45, 2.75) is 23.7 Å². The number of rotatable bonds is 6. The number of halogens is 2. The molecule has 0 amide bonds. The second-order valence-electron chi connectivity index (χ2n) is 10.9. The molecular weight excluding hydrogens is 600 g/mol. The highest BCUT2D eigenvalue weighted by atomic mass is 32.2. The van der Waals surface area contributed by atoms with E-state index >= 15 is 0 Å². The van der Waals surface area contributed by atoms with Gasteiger partial charge in [0, 0.05) is 52.9 Å². The first-order valence-electron chi connectivity index (χ1n) is 14.4. The molecule has 0 unspecified atom stereocenters. The van der Waals surface area contributed by atoms with Crippen molar-refractivity contribution in [2.75, 3.05) is 20.3 Å². The number of carbonyl (C=O) groups is 1. The number of nitrogens with zero attached hydrogens (tertiary/aromatic N) is 3. The minimum atomic E-state index is -4.03. The van der Waals surface area contributed by atoms with E-state index in [-0.39, 0.29) is 10.8 Å². The number of hydrogen-bond acceptors (Lipinski definition) is 6. The first-order chi connectivity index (χ1) is 21.8. The van der Waals surface area contributed by atoms with E-state index in [4.69, 9.17) is 9.47 Å². The molecule has 0 N–H and O–H groups in total. The second-order valence-corrected chi connectivity index (χ2v) is 12.7. The van der Waals surface area contributed by atoms with Gasteiger partial charge in [-0.15, -0.1) is 0 Å². The highest BCUT2D eigenvalue weighted by Crippen LogP contribution is 2.45. The highest BCUT2D eigenvalue weighted by Gasteiger charge is 2.30. The van der Waals surface area contributed by atoms with Crippen LogP contribution in [0.3, 0.4) is 0 Å². The Kier molecular flexibility index (Phi) is 7.22. The van der Waals surface area contributed by atoms with Crippen LogP contribution in [0, 0.1) is 11.6 Å². The summed E-state index contributed by atoms with van der Waals surface area (Å²) in [5, 5.41) is 5.51. The quantitative estimate of drug-likeness (QED) is 0.188. The van der Waals surface area contributed by atoms with Crippen molar-refractivity contribution in [3.63, 3.8) is 0 Å². The molecular formula is C34H27F2N3O5S. The maximum absolute atomic E-state index is 14.7. The van der Waals surface area contributed by atoms with Crippen LogP contribution in [-0.2, 0) is 19.5 Å². The lowest BCUT2D eigenvalue weighted by Gasteiger charge is -2.26. The maximum atomic E-state index is 14.7. The molecule has 1 saturated heterocycles. The topological polar surface area (TPSA) is 92.4 Å². The summed E-state index contributed by atoms with van der Waals surface area (Å²) in [7, 11) is -2.72. The van der Waals surface area contributed by atoms with Gasteiger partial charge in [0.1, 0.15) is 0 Å². The number of carbonyl (C=O) groups excluding carboxylic acids is 1. The van der Waals surface area contributed by atoms with Gasteiger partial charge in [-0.2, -0.15) is 17.6 Å². The third kappa shape index (κ3) is 4.88. The van der Waals surface area contributed by atoms with Crippen molar-refractivity contribution in [1.29, 1.82) is 0 Å². The SMILES string of the molecule is COC(=O)c1ccc(-c2c(C3CCOCC3)n(-c3ccc(F)c(F)c3)c3cc4cnn(S(=O)(=O)c5ccccc5)c4cc23)cc1. The molecule has 0 spiro atoms. The lowest BCUT2D eigenvalue weighted by atomic mass is 9.89. The minimum Gasteiger partial charge on any atom is -0.465 e. The molecule has 8 nitrogen and oxygen atoms in total. The summed E-state index contributed by atoms with van der Waals surface area (Å²) in [5.41, 5.74) is 4.20. The molecule has 1 fully saturated rings. The van der Waals surface area contributed by atoms with Gasteiger partial charge in [0.2, 0.25) is 0 Å². The molecule has 2 aromatic heterocycles. The zero-order valence-corrected chi connectivity index (χ0v) is 24.9. The van der Waals surface area contributed by atoms with Crippen LogP contribution in [0.2, 0.25) is 0 Å².